The number of hydrogen-bond acceptors (Lipinski definition) is 2. The first-order valence-corrected chi connectivity index (χ1v) is 10.8. The van der Waals surface area contributed by atoms with Gasteiger partial charge in [-0.3, -0.25) is 5.32 Å². The van der Waals surface area contributed by atoms with Crippen molar-refractivity contribution in [1.29, 1.82) is 0 Å². The first-order valence-electron chi connectivity index (χ1n) is 10.8. The van der Waals surface area contributed by atoms with E-state index in [0.717, 1.165) is 25.7 Å². The van der Waals surface area contributed by atoms with Gasteiger partial charge in [0.25, 0.3) is 0 Å². The molecular formula is C26H39NO. The lowest BCUT2D eigenvalue weighted by Crippen LogP contribution is -2.53. The van der Waals surface area contributed by atoms with Crippen LogP contribution in [-0.4, -0.2) is 18.4 Å². The van der Waals surface area contributed by atoms with Crippen LogP contribution in [0.5, 0.6) is 0 Å². The number of allylic oxidation sites excluding steroid dienone is 2. The zero-order chi connectivity index (χ0) is 20.7. The van der Waals surface area contributed by atoms with Crippen molar-refractivity contribution in [3.63, 3.8) is 0 Å². The van der Waals surface area contributed by atoms with Crippen molar-refractivity contribution in [1.82, 2.24) is 5.32 Å². The van der Waals surface area contributed by atoms with Gasteiger partial charge in [-0.1, -0.05) is 44.7 Å². The molecule has 154 valence electrons. The highest BCUT2D eigenvalue weighted by Gasteiger charge is 2.42. The Bertz CT molecular complexity index is 786. The van der Waals surface area contributed by atoms with E-state index in [1.54, 1.807) is 0 Å². The molecule has 1 aliphatic carbocycles. The summed E-state index contributed by atoms with van der Waals surface area (Å²) in [4.78, 5) is 0. The molecule has 0 aromatic heterocycles. The third kappa shape index (κ3) is 4.28. The molecular weight excluding hydrogens is 342 g/mol. The zero-order valence-electron chi connectivity index (χ0n) is 19.0. The van der Waals surface area contributed by atoms with Crippen LogP contribution in [-0.2, 0) is 4.74 Å². The number of benzene rings is 1. The van der Waals surface area contributed by atoms with Crippen LogP contribution in [0.3, 0.4) is 0 Å². The van der Waals surface area contributed by atoms with Crippen molar-refractivity contribution in [2.75, 3.05) is 7.05 Å². The molecule has 1 N–H and O–H groups in total. The molecule has 0 spiro atoms. The molecule has 1 aliphatic heterocycles. The van der Waals surface area contributed by atoms with E-state index in [9.17, 15) is 0 Å². The van der Waals surface area contributed by atoms with Gasteiger partial charge in [0.05, 0.1) is 5.60 Å². The van der Waals surface area contributed by atoms with E-state index in [0.29, 0.717) is 11.3 Å². The van der Waals surface area contributed by atoms with Crippen molar-refractivity contribution >= 4 is 11.6 Å². The molecule has 1 aromatic carbocycles. The minimum atomic E-state index is -0.302. The molecule has 0 bridgehead atoms. The minimum Gasteiger partial charge on any atom is -0.355 e. The Morgan fingerprint density at radius 2 is 1.86 bits per heavy atom. The van der Waals surface area contributed by atoms with Gasteiger partial charge in [-0.25, -0.2) is 0 Å². The summed E-state index contributed by atoms with van der Waals surface area (Å²) in [6.45, 7) is 17.8. The summed E-state index contributed by atoms with van der Waals surface area (Å²) in [6.07, 6.45) is 10.1. The predicted octanol–water partition coefficient (Wildman–Crippen LogP) is 6.84. The van der Waals surface area contributed by atoms with Crippen molar-refractivity contribution in [3.8, 4) is 0 Å². The van der Waals surface area contributed by atoms with E-state index >= 15 is 0 Å². The maximum absolute atomic E-state index is 6.38. The van der Waals surface area contributed by atoms with Crippen LogP contribution >= 0.6 is 0 Å². The van der Waals surface area contributed by atoms with Crippen LogP contribution in [0.15, 0.2) is 24.8 Å². The lowest BCUT2D eigenvalue weighted by Gasteiger charge is -2.47. The van der Waals surface area contributed by atoms with Crippen LogP contribution < -0.4 is 5.32 Å². The fourth-order valence-corrected chi connectivity index (χ4v) is 5.25. The van der Waals surface area contributed by atoms with Crippen molar-refractivity contribution in [3.05, 3.63) is 47.0 Å². The lowest BCUT2D eigenvalue weighted by atomic mass is 9.73. The SMILES string of the molecule is C=Cc1c(C2CC(C)(C)OC(C)(NC)C2)ccc(C)c1C1=CCC(C)(C)CC1. The van der Waals surface area contributed by atoms with E-state index in [-0.39, 0.29) is 11.3 Å². The van der Waals surface area contributed by atoms with Crippen LogP contribution in [0.2, 0.25) is 0 Å². The van der Waals surface area contributed by atoms with Crippen LogP contribution in [0.1, 0.15) is 94.9 Å². The molecule has 28 heavy (non-hydrogen) atoms. The smallest absolute Gasteiger partial charge is 0.117 e. The second kappa shape index (κ2) is 7.46. The third-order valence-corrected chi connectivity index (χ3v) is 6.83. The van der Waals surface area contributed by atoms with Crippen molar-refractivity contribution in [2.24, 2.45) is 5.41 Å². The molecule has 2 atom stereocenters. The molecule has 0 radical (unpaired) electrons. The van der Waals surface area contributed by atoms with Crippen molar-refractivity contribution in [2.45, 2.75) is 90.9 Å². The average molecular weight is 382 g/mol. The highest BCUT2D eigenvalue weighted by molar-refractivity contribution is 5.78. The number of aryl methyl sites for hydroxylation is 1. The average Bonchev–Trinajstić information content (AvgIpc) is 2.60. The van der Waals surface area contributed by atoms with Gasteiger partial charge >= 0.3 is 0 Å². The molecule has 1 aromatic rings. The Morgan fingerprint density at radius 3 is 2.43 bits per heavy atom. The Balaban J connectivity index is 2.06. The molecule has 0 saturated carbocycles. The van der Waals surface area contributed by atoms with E-state index < -0.39 is 0 Å². The normalized spacial score (nSPS) is 29.2. The molecule has 2 nitrogen and oxygen atoms in total. The monoisotopic (exact) mass is 381 g/mol. The number of ether oxygens (including phenoxy) is 1. The van der Waals surface area contributed by atoms with Crippen molar-refractivity contribution < 1.29 is 4.74 Å². The number of hydrogen-bond donors (Lipinski definition) is 1. The van der Waals surface area contributed by atoms with Gasteiger partial charge in [0.15, 0.2) is 0 Å². The third-order valence-electron chi connectivity index (χ3n) is 6.83. The molecule has 2 unspecified atom stereocenters. The lowest BCUT2D eigenvalue weighted by molar-refractivity contribution is -0.183. The van der Waals surface area contributed by atoms with Crippen LogP contribution in [0.4, 0.5) is 0 Å². The van der Waals surface area contributed by atoms with Crippen LogP contribution in [0, 0.1) is 12.3 Å². The molecule has 3 rings (SSSR count). The highest BCUT2D eigenvalue weighted by Crippen LogP contribution is 2.46. The van der Waals surface area contributed by atoms with Gasteiger partial charge in [-0.2, -0.15) is 0 Å². The summed E-state index contributed by atoms with van der Waals surface area (Å²) in [5.41, 5.74) is 7.04. The summed E-state index contributed by atoms with van der Waals surface area (Å²) in [5, 5.41) is 3.41. The predicted molar refractivity (Wildman–Crippen MR) is 121 cm³/mol. The summed E-state index contributed by atoms with van der Waals surface area (Å²) in [7, 11) is 2.00. The largest absolute Gasteiger partial charge is 0.355 e. The first-order chi connectivity index (χ1) is 13.0. The van der Waals surface area contributed by atoms with Gasteiger partial charge in [-0.05, 0) is 106 Å². The Kier molecular flexibility index (Phi) is 5.68. The molecule has 1 saturated heterocycles. The fourth-order valence-electron chi connectivity index (χ4n) is 5.25. The van der Waals surface area contributed by atoms with Gasteiger partial charge in [0, 0.05) is 0 Å². The second-order valence-corrected chi connectivity index (χ2v) is 10.5. The van der Waals surface area contributed by atoms with Gasteiger partial charge in [0.2, 0.25) is 0 Å². The molecule has 1 fully saturated rings. The zero-order valence-corrected chi connectivity index (χ0v) is 19.0. The topological polar surface area (TPSA) is 21.3 Å². The summed E-state index contributed by atoms with van der Waals surface area (Å²) in [6, 6.07) is 4.66. The Morgan fingerprint density at radius 1 is 1.14 bits per heavy atom. The number of rotatable bonds is 4. The van der Waals surface area contributed by atoms with Gasteiger partial charge < -0.3 is 4.74 Å². The number of nitrogens with one attached hydrogen (secondary N) is 1. The van der Waals surface area contributed by atoms with E-state index in [1.807, 2.05) is 7.05 Å². The second-order valence-electron chi connectivity index (χ2n) is 10.5. The quantitative estimate of drug-likeness (QED) is 0.616. The maximum atomic E-state index is 6.38. The standard InChI is InChI=1S/C26H39NO/c1-9-21-22(20-16-25(5,6)28-26(7,17-20)27-8)11-10-18(2)23(21)19-12-14-24(3,4)15-13-19/h9-12,20,27H,1,13-17H2,2-8H3. The summed E-state index contributed by atoms with van der Waals surface area (Å²) < 4.78 is 6.38. The minimum absolute atomic E-state index is 0.154. The van der Waals surface area contributed by atoms with Gasteiger partial charge in [-0.15, -0.1) is 0 Å². The van der Waals surface area contributed by atoms with E-state index in [1.165, 1.54) is 34.2 Å². The molecule has 1 heterocycles. The van der Waals surface area contributed by atoms with Crippen LogP contribution in [0.25, 0.3) is 11.6 Å². The Labute approximate surface area is 172 Å². The van der Waals surface area contributed by atoms with Gasteiger partial charge in [0.1, 0.15) is 5.72 Å². The fraction of sp³-hybridized carbons (Fsp3) is 0.615. The molecule has 0 amide bonds. The molecule has 2 heteroatoms. The van der Waals surface area contributed by atoms with E-state index in [2.05, 4.69) is 77.7 Å². The summed E-state index contributed by atoms with van der Waals surface area (Å²) in [5.74, 6) is 0.453. The highest BCUT2D eigenvalue weighted by atomic mass is 16.5. The molecule has 2 aliphatic rings. The summed E-state index contributed by atoms with van der Waals surface area (Å²) >= 11 is 0. The van der Waals surface area contributed by atoms with E-state index in [4.69, 9.17) is 4.74 Å². The maximum Gasteiger partial charge on any atom is 0.117 e. The Hall–Kier alpha value is -1.38. The first kappa shape index (κ1) is 21.3.